The number of aliphatic hydroxyl groups is 1. The third-order valence-corrected chi connectivity index (χ3v) is 6.43. The van der Waals surface area contributed by atoms with Gasteiger partial charge in [-0.25, -0.2) is 8.42 Å². The van der Waals surface area contributed by atoms with Crippen molar-refractivity contribution in [1.82, 2.24) is 14.8 Å². The third-order valence-electron chi connectivity index (χ3n) is 4.81. The van der Waals surface area contributed by atoms with Crippen molar-refractivity contribution < 1.29 is 13.5 Å². The van der Waals surface area contributed by atoms with Gasteiger partial charge >= 0.3 is 0 Å². The molecular weight excluding hydrogens is 424 g/mol. The summed E-state index contributed by atoms with van der Waals surface area (Å²) in [7, 11) is -3.84. The molecular formula is C21H25ClN4O3S. The number of anilines is 1. The Morgan fingerprint density at radius 2 is 1.83 bits per heavy atom. The molecule has 3 aromatic rings. The summed E-state index contributed by atoms with van der Waals surface area (Å²) in [5.74, 6) is 0.403. The van der Waals surface area contributed by atoms with Gasteiger partial charge in [0.25, 0.3) is 10.0 Å². The lowest BCUT2D eigenvalue weighted by Crippen LogP contribution is -2.16. The minimum absolute atomic E-state index is 0.0768. The van der Waals surface area contributed by atoms with Crippen molar-refractivity contribution in [3.63, 3.8) is 0 Å². The Hall–Kier alpha value is -2.42. The van der Waals surface area contributed by atoms with E-state index in [1.165, 1.54) is 6.33 Å². The maximum atomic E-state index is 13.0. The lowest BCUT2D eigenvalue weighted by molar-refractivity contribution is 0.239. The molecule has 7 nitrogen and oxygen atoms in total. The molecule has 1 heterocycles. The number of nitrogens with one attached hydrogen (secondary N) is 1. The van der Waals surface area contributed by atoms with Crippen molar-refractivity contribution in [3.8, 4) is 11.4 Å². The van der Waals surface area contributed by atoms with E-state index in [1.54, 1.807) is 41.8 Å². The Kier molecular flexibility index (Phi) is 6.21. The van der Waals surface area contributed by atoms with E-state index in [9.17, 15) is 13.5 Å². The number of benzene rings is 2. The number of sulfonamides is 1. The summed E-state index contributed by atoms with van der Waals surface area (Å²) >= 11 is 6.16. The minimum atomic E-state index is -3.84. The van der Waals surface area contributed by atoms with Gasteiger partial charge in [-0.2, -0.15) is 0 Å². The largest absolute Gasteiger partial charge is 0.394 e. The second-order valence-corrected chi connectivity index (χ2v) is 10.3. The molecule has 9 heteroatoms. The predicted molar refractivity (Wildman–Crippen MR) is 118 cm³/mol. The van der Waals surface area contributed by atoms with Gasteiger partial charge in [0.2, 0.25) is 0 Å². The summed E-state index contributed by atoms with van der Waals surface area (Å²) in [6, 6.07) is 11.3. The lowest BCUT2D eigenvalue weighted by Gasteiger charge is -2.19. The van der Waals surface area contributed by atoms with Crippen molar-refractivity contribution in [2.75, 3.05) is 11.3 Å². The highest BCUT2D eigenvalue weighted by Crippen LogP contribution is 2.32. The van der Waals surface area contributed by atoms with Gasteiger partial charge < -0.3 is 9.67 Å². The van der Waals surface area contributed by atoms with E-state index in [1.807, 2.05) is 12.1 Å². The molecule has 0 spiro atoms. The van der Waals surface area contributed by atoms with Gasteiger partial charge in [-0.15, -0.1) is 10.2 Å². The van der Waals surface area contributed by atoms with Crippen molar-refractivity contribution >= 4 is 27.3 Å². The molecule has 0 aliphatic rings. The van der Waals surface area contributed by atoms with Crippen molar-refractivity contribution in [3.05, 3.63) is 59.4 Å². The summed E-state index contributed by atoms with van der Waals surface area (Å²) < 4.78 is 30.3. The van der Waals surface area contributed by atoms with Crippen LogP contribution in [0.3, 0.4) is 0 Å². The number of hydrogen-bond donors (Lipinski definition) is 2. The highest BCUT2D eigenvalue weighted by Gasteiger charge is 2.21. The van der Waals surface area contributed by atoms with Gasteiger partial charge in [0, 0.05) is 10.6 Å². The minimum Gasteiger partial charge on any atom is -0.394 e. The van der Waals surface area contributed by atoms with Crippen LogP contribution in [0.15, 0.2) is 53.7 Å². The molecule has 0 bridgehead atoms. The fraction of sp³-hybridized carbons (Fsp3) is 0.333. The van der Waals surface area contributed by atoms with Gasteiger partial charge in [0.1, 0.15) is 6.33 Å². The van der Waals surface area contributed by atoms with Crippen molar-refractivity contribution in [2.24, 2.45) is 0 Å². The van der Waals surface area contributed by atoms with E-state index in [4.69, 9.17) is 11.6 Å². The highest BCUT2D eigenvalue weighted by molar-refractivity contribution is 7.92. The van der Waals surface area contributed by atoms with E-state index in [0.717, 1.165) is 5.56 Å². The molecule has 0 saturated carbocycles. The smallest absolute Gasteiger partial charge is 0.261 e. The Labute approximate surface area is 181 Å². The number of rotatable bonds is 6. The van der Waals surface area contributed by atoms with Crippen LogP contribution in [0.2, 0.25) is 5.02 Å². The van der Waals surface area contributed by atoms with E-state index in [2.05, 4.69) is 35.7 Å². The molecule has 1 atom stereocenters. The molecule has 0 radical (unpaired) electrons. The van der Waals surface area contributed by atoms with Crippen LogP contribution in [0.4, 0.5) is 5.69 Å². The van der Waals surface area contributed by atoms with E-state index in [0.29, 0.717) is 22.1 Å². The zero-order chi connectivity index (χ0) is 22.1. The second kappa shape index (κ2) is 8.37. The van der Waals surface area contributed by atoms with Gasteiger partial charge in [-0.05, 0) is 48.2 Å². The van der Waals surface area contributed by atoms with Crippen LogP contribution in [0.25, 0.3) is 11.4 Å². The zero-order valence-corrected chi connectivity index (χ0v) is 18.9. The Morgan fingerprint density at radius 3 is 2.43 bits per heavy atom. The van der Waals surface area contributed by atoms with Gasteiger partial charge in [0.05, 0.1) is 23.2 Å². The molecule has 0 saturated heterocycles. The Bertz CT molecular complexity index is 1140. The first-order valence-electron chi connectivity index (χ1n) is 9.46. The average molecular weight is 449 g/mol. The van der Waals surface area contributed by atoms with Crippen LogP contribution in [-0.4, -0.2) is 34.9 Å². The molecule has 1 aromatic heterocycles. The maximum Gasteiger partial charge on any atom is 0.261 e. The summed E-state index contributed by atoms with van der Waals surface area (Å²) in [6.07, 6.45) is 1.49. The molecule has 0 amide bonds. The lowest BCUT2D eigenvalue weighted by atomic mass is 9.87. The molecule has 30 heavy (non-hydrogen) atoms. The summed E-state index contributed by atoms with van der Waals surface area (Å²) in [4.78, 5) is 0.154. The topological polar surface area (TPSA) is 97.1 Å². The zero-order valence-electron chi connectivity index (χ0n) is 17.3. The molecule has 2 aromatic carbocycles. The SMILES string of the molecule is C[C@@H](CO)n1cnnc1-c1cc(Cl)ccc1NS(=O)(=O)c1ccc(C(C)(C)C)cc1. The van der Waals surface area contributed by atoms with Crippen LogP contribution in [0.5, 0.6) is 0 Å². The number of aliphatic hydroxyl groups excluding tert-OH is 1. The number of aromatic nitrogens is 3. The Morgan fingerprint density at radius 1 is 1.17 bits per heavy atom. The van der Waals surface area contributed by atoms with E-state index in [-0.39, 0.29) is 23.0 Å². The van der Waals surface area contributed by atoms with Gasteiger partial charge in [0.15, 0.2) is 5.82 Å². The van der Waals surface area contributed by atoms with E-state index < -0.39 is 10.0 Å². The van der Waals surface area contributed by atoms with Crippen LogP contribution < -0.4 is 4.72 Å². The van der Waals surface area contributed by atoms with Gasteiger partial charge in [-0.3, -0.25) is 4.72 Å². The van der Waals surface area contributed by atoms with Crippen LogP contribution >= 0.6 is 11.6 Å². The number of hydrogen-bond acceptors (Lipinski definition) is 5. The monoisotopic (exact) mass is 448 g/mol. The van der Waals surface area contributed by atoms with Crippen molar-refractivity contribution in [1.29, 1.82) is 0 Å². The third kappa shape index (κ3) is 4.66. The first-order chi connectivity index (χ1) is 14.0. The summed E-state index contributed by atoms with van der Waals surface area (Å²) in [6.45, 7) is 7.89. The average Bonchev–Trinajstić information content (AvgIpc) is 3.17. The fourth-order valence-corrected chi connectivity index (χ4v) is 4.23. The Balaban J connectivity index is 2.01. The predicted octanol–water partition coefficient (Wildman–Crippen LogP) is 4.25. The molecule has 0 fully saturated rings. The van der Waals surface area contributed by atoms with Crippen LogP contribution in [0, 0.1) is 0 Å². The molecule has 0 aliphatic heterocycles. The second-order valence-electron chi connectivity index (χ2n) is 8.16. The maximum absolute atomic E-state index is 13.0. The number of halogens is 1. The van der Waals surface area contributed by atoms with Crippen LogP contribution in [0.1, 0.15) is 39.3 Å². The normalized spacial score (nSPS) is 13.3. The van der Waals surface area contributed by atoms with Crippen LogP contribution in [-0.2, 0) is 15.4 Å². The van der Waals surface area contributed by atoms with Gasteiger partial charge in [-0.1, -0.05) is 44.5 Å². The molecule has 2 N–H and O–H groups in total. The fourth-order valence-electron chi connectivity index (χ4n) is 2.97. The first-order valence-corrected chi connectivity index (χ1v) is 11.3. The summed E-state index contributed by atoms with van der Waals surface area (Å²) in [5, 5.41) is 17.9. The first kappa shape index (κ1) is 22.3. The highest BCUT2D eigenvalue weighted by atomic mass is 35.5. The summed E-state index contributed by atoms with van der Waals surface area (Å²) in [5.41, 5.74) is 1.75. The molecule has 0 aliphatic carbocycles. The number of nitrogens with zero attached hydrogens (tertiary/aromatic N) is 3. The van der Waals surface area contributed by atoms with E-state index >= 15 is 0 Å². The molecule has 0 unspecified atom stereocenters. The standard InChI is InChI=1S/C21H25ClN4O3S/c1-14(12-27)26-13-23-24-20(26)18-11-16(22)7-10-19(18)25-30(28,29)17-8-5-15(6-9-17)21(2,3)4/h5-11,13-14,25,27H,12H2,1-4H3/t14-/m0/s1. The quantitative estimate of drug-likeness (QED) is 0.587. The molecule has 160 valence electrons. The molecule has 3 rings (SSSR count). The van der Waals surface area contributed by atoms with Crippen molar-refractivity contribution in [2.45, 2.75) is 44.0 Å².